The van der Waals surface area contributed by atoms with Crippen LogP contribution in [0.15, 0.2) is 53.9 Å². The molecule has 11 heteroatoms. The van der Waals surface area contributed by atoms with Gasteiger partial charge in [0.05, 0.1) is 12.1 Å². The summed E-state index contributed by atoms with van der Waals surface area (Å²) in [5.41, 5.74) is -1.83. The minimum absolute atomic E-state index is 0.156. The van der Waals surface area contributed by atoms with Gasteiger partial charge in [-0.05, 0) is 45.0 Å². The highest BCUT2D eigenvalue weighted by Gasteiger charge is 2.30. The van der Waals surface area contributed by atoms with E-state index in [4.69, 9.17) is 4.74 Å². The molecular formula is C21H22F2N4O4S. The average Bonchev–Trinajstić information content (AvgIpc) is 3.04. The van der Waals surface area contributed by atoms with Crippen LogP contribution in [0.1, 0.15) is 26.3 Å². The number of ether oxygens (including phenoxy) is 1. The number of amides is 1. The second-order valence-electron chi connectivity index (χ2n) is 7.96. The first-order valence-electron chi connectivity index (χ1n) is 9.53. The van der Waals surface area contributed by atoms with E-state index in [1.165, 1.54) is 43.6 Å². The van der Waals surface area contributed by atoms with Crippen molar-refractivity contribution in [1.82, 2.24) is 18.8 Å². The molecule has 0 aliphatic carbocycles. The van der Waals surface area contributed by atoms with Crippen LogP contribution in [0.2, 0.25) is 0 Å². The van der Waals surface area contributed by atoms with Crippen molar-refractivity contribution in [3.63, 3.8) is 0 Å². The molecule has 3 aromatic heterocycles. The predicted octanol–water partition coefficient (Wildman–Crippen LogP) is 3.83. The third-order valence-corrected chi connectivity index (χ3v) is 5.85. The number of hydrogen-bond acceptors (Lipinski definition) is 6. The SMILES string of the molecule is CN(Cc1cn(S(=O)(=O)c2ccccn2)c(-c2cccnc2F)c1F)C(=O)OC(C)(C)C. The van der Waals surface area contributed by atoms with Gasteiger partial charge in [-0.1, -0.05) is 6.07 Å². The zero-order valence-corrected chi connectivity index (χ0v) is 18.7. The molecule has 0 N–H and O–H groups in total. The first kappa shape index (κ1) is 23.3. The molecule has 0 fully saturated rings. The number of halogens is 2. The van der Waals surface area contributed by atoms with Gasteiger partial charge < -0.3 is 9.64 Å². The van der Waals surface area contributed by atoms with Gasteiger partial charge in [0.25, 0.3) is 10.0 Å². The monoisotopic (exact) mass is 464 g/mol. The average molecular weight is 464 g/mol. The lowest BCUT2D eigenvalue weighted by Gasteiger charge is -2.24. The fraction of sp³-hybridized carbons (Fsp3) is 0.286. The van der Waals surface area contributed by atoms with E-state index in [0.29, 0.717) is 3.97 Å². The molecule has 0 aromatic carbocycles. The van der Waals surface area contributed by atoms with E-state index in [1.54, 1.807) is 20.8 Å². The first-order chi connectivity index (χ1) is 14.9. The molecule has 0 saturated heterocycles. The topological polar surface area (TPSA) is 94.4 Å². The van der Waals surface area contributed by atoms with Crippen LogP contribution in [-0.2, 0) is 21.3 Å². The van der Waals surface area contributed by atoms with Crippen molar-refractivity contribution in [1.29, 1.82) is 0 Å². The third kappa shape index (κ3) is 4.77. The molecule has 0 aliphatic heterocycles. The maximum Gasteiger partial charge on any atom is 0.410 e. The van der Waals surface area contributed by atoms with Crippen LogP contribution in [-0.4, -0.2) is 46.0 Å². The lowest BCUT2D eigenvalue weighted by atomic mass is 10.1. The molecule has 170 valence electrons. The summed E-state index contributed by atoms with van der Waals surface area (Å²) in [5.74, 6) is -2.05. The maximum absolute atomic E-state index is 15.5. The lowest BCUT2D eigenvalue weighted by Crippen LogP contribution is -2.33. The quantitative estimate of drug-likeness (QED) is 0.533. The van der Waals surface area contributed by atoms with Crippen LogP contribution in [0.3, 0.4) is 0 Å². The highest BCUT2D eigenvalue weighted by Crippen LogP contribution is 2.32. The van der Waals surface area contributed by atoms with Gasteiger partial charge >= 0.3 is 6.09 Å². The molecule has 0 spiro atoms. The van der Waals surface area contributed by atoms with Crippen LogP contribution in [0.25, 0.3) is 11.3 Å². The fourth-order valence-electron chi connectivity index (χ4n) is 2.87. The number of rotatable bonds is 5. The van der Waals surface area contributed by atoms with E-state index in [1.807, 2.05) is 0 Å². The summed E-state index contributed by atoms with van der Waals surface area (Å²) in [6.07, 6.45) is 2.70. The normalized spacial score (nSPS) is 11.9. The highest BCUT2D eigenvalue weighted by molar-refractivity contribution is 7.90. The molecular weight excluding hydrogens is 442 g/mol. The fourth-order valence-corrected chi connectivity index (χ4v) is 4.20. The number of aromatic nitrogens is 3. The van der Waals surface area contributed by atoms with Crippen LogP contribution in [0.5, 0.6) is 0 Å². The van der Waals surface area contributed by atoms with Gasteiger partial charge in [-0.3, -0.25) is 0 Å². The Morgan fingerprint density at radius 2 is 1.81 bits per heavy atom. The van der Waals surface area contributed by atoms with E-state index < -0.39 is 39.2 Å². The first-order valence-corrected chi connectivity index (χ1v) is 11.0. The second kappa shape index (κ2) is 8.65. The van der Waals surface area contributed by atoms with Gasteiger partial charge in [-0.2, -0.15) is 12.8 Å². The van der Waals surface area contributed by atoms with E-state index in [-0.39, 0.29) is 22.7 Å². The number of nitrogens with zero attached hydrogens (tertiary/aromatic N) is 4. The van der Waals surface area contributed by atoms with Gasteiger partial charge in [-0.15, -0.1) is 0 Å². The molecule has 3 aromatic rings. The summed E-state index contributed by atoms with van der Waals surface area (Å²) in [4.78, 5) is 20.7. The van der Waals surface area contributed by atoms with Crippen molar-refractivity contribution in [2.24, 2.45) is 0 Å². The number of hydrogen-bond donors (Lipinski definition) is 0. The predicted molar refractivity (Wildman–Crippen MR) is 112 cm³/mol. The summed E-state index contributed by atoms with van der Waals surface area (Å²) in [7, 11) is -3.01. The van der Waals surface area contributed by atoms with Crippen LogP contribution < -0.4 is 0 Å². The van der Waals surface area contributed by atoms with Gasteiger partial charge in [0.2, 0.25) is 5.95 Å². The zero-order chi connectivity index (χ0) is 23.7. The van der Waals surface area contributed by atoms with Gasteiger partial charge in [0, 0.05) is 31.2 Å². The summed E-state index contributed by atoms with van der Waals surface area (Å²) >= 11 is 0. The Bertz CT molecular complexity index is 1240. The number of pyridine rings is 2. The van der Waals surface area contributed by atoms with Gasteiger partial charge in [0.1, 0.15) is 11.3 Å². The lowest BCUT2D eigenvalue weighted by molar-refractivity contribution is 0.0284. The zero-order valence-electron chi connectivity index (χ0n) is 17.9. The molecule has 0 saturated carbocycles. The number of carbonyl (C=O) groups is 1. The molecule has 3 rings (SSSR count). The summed E-state index contributed by atoms with van der Waals surface area (Å²) in [6.45, 7) is 4.72. The Morgan fingerprint density at radius 1 is 1.12 bits per heavy atom. The second-order valence-corrected chi connectivity index (χ2v) is 9.73. The van der Waals surface area contributed by atoms with Crippen molar-refractivity contribution >= 4 is 16.1 Å². The Kier molecular flexibility index (Phi) is 6.31. The van der Waals surface area contributed by atoms with Gasteiger partial charge in [-0.25, -0.2) is 23.1 Å². The van der Waals surface area contributed by atoms with Gasteiger partial charge in [0.15, 0.2) is 10.8 Å². The summed E-state index contributed by atoms with van der Waals surface area (Å²) in [5, 5.41) is -0.354. The molecule has 3 heterocycles. The molecule has 1 amide bonds. The largest absolute Gasteiger partial charge is 0.444 e. The Labute approximate surface area is 184 Å². The van der Waals surface area contributed by atoms with E-state index in [9.17, 15) is 17.6 Å². The van der Waals surface area contributed by atoms with E-state index in [2.05, 4.69) is 9.97 Å². The van der Waals surface area contributed by atoms with E-state index in [0.717, 1.165) is 17.3 Å². The van der Waals surface area contributed by atoms with E-state index >= 15 is 4.39 Å². The minimum Gasteiger partial charge on any atom is -0.444 e. The van der Waals surface area contributed by atoms with Crippen LogP contribution in [0.4, 0.5) is 13.6 Å². The molecule has 0 atom stereocenters. The Hall–Kier alpha value is -3.34. The summed E-state index contributed by atoms with van der Waals surface area (Å²) < 4.78 is 62.2. The van der Waals surface area contributed by atoms with Crippen molar-refractivity contribution < 1.29 is 26.7 Å². The molecule has 32 heavy (non-hydrogen) atoms. The van der Waals surface area contributed by atoms with Crippen LogP contribution in [0, 0.1) is 11.8 Å². The summed E-state index contributed by atoms with van der Waals surface area (Å²) in [6, 6.07) is 6.80. The standard InChI is InChI=1S/C21H22F2N4O4S/c1-21(2,3)31-20(28)26(4)12-14-13-27(32(29,30)16-9-5-6-10-24-16)18(17(14)22)15-8-7-11-25-19(15)23/h5-11,13H,12H2,1-4H3. The molecule has 0 aliphatic rings. The molecule has 0 radical (unpaired) electrons. The Balaban J connectivity index is 2.13. The van der Waals surface area contributed by atoms with Crippen molar-refractivity contribution in [3.8, 4) is 11.3 Å². The Morgan fingerprint density at radius 3 is 2.41 bits per heavy atom. The maximum atomic E-state index is 15.5. The number of carbonyl (C=O) groups excluding carboxylic acids is 1. The van der Waals surface area contributed by atoms with Crippen LogP contribution >= 0.6 is 0 Å². The van der Waals surface area contributed by atoms with Crippen molar-refractivity contribution in [3.05, 3.63) is 66.3 Å². The van der Waals surface area contributed by atoms with Crippen molar-refractivity contribution in [2.75, 3.05) is 7.05 Å². The molecule has 0 bridgehead atoms. The highest BCUT2D eigenvalue weighted by atomic mass is 32.2. The third-order valence-electron chi connectivity index (χ3n) is 4.27. The minimum atomic E-state index is -4.38. The smallest absolute Gasteiger partial charge is 0.410 e. The molecule has 8 nitrogen and oxygen atoms in total. The molecule has 0 unspecified atom stereocenters. The van der Waals surface area contributed by atoms with Crippen molar-refractivity contribution in [2.45, 2.75) is 37.9 Å².